The molecule has 116 valence electrons. The van der Waals surface area contributed by atoms with Crippen molar-refractivity contribution in [1.82, 2.24) is 4.31 Å². The zero-order valence-corrected chi connectivity index (χ0v) is 13.5. The summed E-state index contributed by atoms with van der Waals surface area (Å²) in [5.74, 6) is -1.07. The number of rotatable bonds is 4. The molecule has 0 amide bonds. The summed E-state index contributed by atoms with van der Waals surface area (Å²) < 4.78 is 25.1. The second kappa shape index (κ2) is 6.08. The summed E-state index contributed by atoms with van der Waals surface area (Å²) in [7, 11) is -0.577. The van der Waals surface area contributed by atoms with E-state index in [2.05, 4.69) is 0 Å². The average molecular weight is 340 g/mol. The van der Waals surface area contributed by atoms with Crippen molar-refractivity contribution in [1.29, 1.82) is 0 Å². The van der Waals surface area contributed by atoms with Gasteiger partial charge in [-0.25, -0.2) is 17.5 Å². The summed E-state index contributed by atoms with van der Waals surface area (Å²) in [4.78, 5) is 11.2. The Hall–Kier alpha value is -1.89. The SMILES string of the molecule is CN(C)S(=O)(=O)c1ccc(-c2cc(Cl)cc(C(=O)O)c2)cc1. The van der Waals surface area contributed by atoms with Gasteiger partial charge in [0.1, 0.15) is 0 Å². The van der Waals surface area contributed by atoms with Gasteiger partial charge in [-0.2, -0.15) is 0 Å². The van der Waals surface area contributed by atoms with Crippen LogP contribution in [0.1, 0.15) is 10.4 Å². The Kier molecular flexibility index (Phi) is 4.55. The highest BCUT2D eigenvalue weighted by Crippen LogP contribution is 2.26. The van der Waals surface area contributed by atoms with Crippen LogP contribution in [0, 0.1) is 0 Å². The van der Waals surface area contributed by atoms with E-state index in [1.54, 1.807) is 18.2 Å². The van der Waals surface area contributed by atoms with Gasteiger partial charge in [-0.3, -0.25) is 0 Å². The molecule has 0 aliphatic heterocycles. The first-order valence-corrected chi connectivity index (χ1v) is 8.10. The molecule has 2 aromatic carbocycles. The number of benzene rings is 2. The summed E-state index contributed by atoms with van der Waals surface area (Å²) in [6.07, 6.45) is 0. The third-order valence-corrected chi connectivity index (χ3v) is 5.16. The number of carbonyl (C=O) groups is 1. The Morgan fingerprint density at radius 3 is 2.14 bits per heavy atom. The van der Waals surface area contributed by atoms with Crippen molar-refractivity contribution in [3.05, 3.63) is 53.1 Å². The van der Waals surface area contributed by atoms with Crippen LogP contribution in [0.5, 0.6) is 0 Å². The van der Waals surface area contributed by atoms with E-state index in [-0.39, 0.29) is 10.5 Å². The van der Waals surface area contributed by atoms with E-state index in [0.29, 0.717) is 16.1 Å². The molecule has 0 saturated carbocycles. The maximum atomic E-state index is 12.0. The van der Waals surface area contributed by atoms with Crippen LogP contribution >= 0.6 is 11.6 Å². The van der Waals surface area contributed by atoms with E-state index < -0.39 is 16.0 Å². The van der Waals surface area contributed by atoms with E-state index in [0.717, 1.165) is 4.31 Å². The van der Waals surface area contributed by atoms with Gasteiger partial charge < -0.3 is 5.11 Å². The topological polar surface area (TPSA) is 74.7 Å². The van der Waals surface area contributed by atoms with Crippen LogP contribution in [-0.2, 0) is 10.0 Å². The zero-order valence-electron chi connectivity index (χ0n) is 11.9. The summed E-state index contributed by atoms with van der Waals surface area (Å²) >= 11 is 5.92. The van der Waals surface area contributed by atoms with Gasteiger partial charge in [0, 0.05) is 19.1 Å². The molecule has 0 spiro atoms. The number of nitrogens with zero attached hydrogens (tertiary/aromatic N) is 1. The fourth-order valence-electron chi connectivity index (χ4n) is 1.91. The van der Waals surface area contributed by atoms with Gasteiger partial charge in [0.15, 0.2) is 0 Å². The molecule has 0 heterocycles. The monoisotopic (exact) mass is 339 g/mol. The van der Waals surface area contributed by atoms with E-state index in [9.17, 15) is 13.2 Å². The molecule has 1 N–H and O–H groups in total. The Bertz CT molecular complexity index is 814. The van der Waals surface area contributed by atoms with Crippen molar-refractivity contribution >= 4 is 27.6 Å². The Balaban J connectivity index is 2.46. The third kappa shape index (κ3) is 3.30. The number of sulfonamides is 1. The van der Waals surface area contributed by atoms with Crippen molar-refractivity contribution in [2.24, 2.45) is 0 Å². The number of carboxylic acid groups (broad SMARTS) is 1. The molecule has 0 saturated heterocycles. The quantitative estimate of drug-likeness (QED) is 0.929. The van der Waals surface area contributed by atoms with E-state index >= 15 is 0 Å². The van der Waals surface area contributed by atoms with Gasteiger partial charge in [0.2, 0.25) is 10.0 Å². The van der Waals surface area contributed by atoms with E-state index in [1.165, 1.54) is 38.4 Å². The van der Waals surface area contributed by atoms with Crippen molar-refractivity contribution in [2.75, 3.05) is 14.1 Å². The van der Waals surface area contributed by atoms with Crippen LogP contribution < -0.4 is 0 Å². The number of aromatic carboxylic acids is 1. The smallest absolute Gasteiger partial charge is 0.335 e. The first kappa shape index (κ1) is 16.5. The Morgan fingerprint density at radius 2 is 1.64 bits per heavy atom. The Morgan fingerprint density at radius 1 is 1.05 bits per heavy atom. The molecule has 0 radical (unpaired) electrons. The van der Waals surface area contributed by atoms with Crippen molar-refractivity contribution in [3.63, 3.8) is 0 Å². The lowest BCUT2D eigenvalue weighted by Gasteiger charge is -2.12. The van der Waals surface area contributed by atoms with Gasteiger partial charge in [-0.1, -0.05) is 23.7 Å². The molecule has 0 aliphatic carbocycles. The van der Waals surface area contributed by atoms with E-state index in [4.69, 9.17) is 16.7 Å². The average Bonchev–Trinajstić information content (AvgIpc) is 2.46. The number of hydrogen-bond acceptors (Lipinski definition) is 3. The van der Waals surface area contributed by atoms with Crippen LogP contribution in [0.4, 0.5) is 0 Å². The second-order valence-electron chi connectivity index (χ2n) is 4.85. The highest BCUT2D eigenvalue weighted by atomic mass is 35.5. The van der Waals surface area contributed by atoms with Gasteiger partial charge in [0.25, 0.3) is 0 Å². The van der Waals surface area contributed by atoms with Gasteiger partial charge in [0.05, 0.1) is 10.5 Å². The molecule has 2 rings (SSSR count). The van der Waals surface area contributed by atoms with E-state index in [1.807, 2.05) is 0 Å². The lowest BCUT2D eigenvalue weighted by Crippen LogP contribution is -2.22. The highest BCUT2D eigenvalue weighted by Gasteiger charge is 2.17. The molecule has 0 aliphatic rings. The minimum Gasteiger partial charge on any atom is -0.478 e. The molecule has 5 nitrogen and oxygen atoms in total. The fourth-order valence-corrected chi connectivity index (χ4v) is 3.05. The number of hydrogen-bond donors (Lipinski definition) is 1. The van der Waals surface area contributed by atoms with Gasteiger partial charge in [-0.05, 0) is 41.5 Å². The molecule has 7 heteroatoms. The predicted molar refractivity (Wildman–Crippen MR) is 84.7 cm³/mol. The largest absolute Gasteiger partial charge is 0.478 e. The van der Waals surface area contributed by atoms with Crippen molar-refractivity contribution < 1.29 is 18.3 Å². The first-order valence-electron chi connectivity index (χ1n) is 6.28. The summed E-state index contributed by atoms with van der Waals surface area (Å²) in [5.41, 5.74) is 1.37. The number of halogens is 1. The lowest BCUT2D eigenvalue weighted by atomic mass is 10.0. The van der Waals surface area contributed by atoms with Crippen LogP contribution in [-0.4, -0.2) is 37.9 Å². The minimum atomic E-state index is -3.49. The lowest BCUT2D eigenvalue weighted by molar-refractivity contribution is 0.0697. The zero-order chi connectivity index (χ0) is 16.5. The first-order chi connectivity index (χ1) is 10.2. The molecule has 0 bridgehead atoms. The molecule has 0 atom stereocenters. The molecule has 22 heavy (non-hydrogen) atoms. The minimum absolute atomic E-state index is 0.0764. The number of carboxylic acids is 1. The third-order valence-electron chi connectivity index (χ3n) is 3.11. The maximum absolute atomic E-state index is 12.0. The molecule has 0 unspecified atom stereocenters. The van der Waals surface area contributed by atoms with Crippen LogP contribution in [0.2, 0.25) is 5.02 Å². The molecule has 2 aromatic rings. The molecule has 0 fully saturated rings. The Labute approximate surface area is 133 Å². The summed E-state index contributed by atoms with van der Waals surface area (Å²) in [6.45, 7) is 0. The standard InChI is InChI=1S/C15H14ClNO4S/c1-17(2)22(20,21)14-5-3-10(4-6-14)11-7-12(15(18)19)9-13(16)8-11/h3-9H,1-2H3,(H,18,19). The maximum Gasteiger partial charge on any atom is 0.335 e. The summed E-state index contributed by atoms with van der Waals surface area (Å²) in [6, 6.07) is 10.7. The summed E-state index contributed by atoms with van der Waals surface area (Å²) in [5, 5.41) is 9.35. The van der Waals surface area contributed by atoms with Crippen LogP contribution in [0.3, 0.4) is 0 Å². The van der Waals surface area contributed by atoms with Crippen LogP contribution in [0.15, 0.2) is 47.4 Å². The predicted octanol–water partition coefficient (Wildman–Crippen LogP) is 2.96. The van der Waals surface area contributed by atoms with Crippen molar-refractivity contribution in [2.45, 2.75) is 4.90 Å². The molecular formula is C15H14ClNO4S. The van der Waals surface area contributed by atoms with Gasteiger partial charge >= 0.3 is 5.97 Å². The normalized spacial score (nSPS) is 11.6. The highest BCUT2D eigenvalue weighted by molar-refractivity contribution is 7.89. The molecule has 0 aromatic heterocycles. The molecular weight excluding hydrogens is 326 g/mol. The van der Waals surface area contributed by atoms with Crippen molar-refractivity contribution in [3.8, 4) is 11.1 Å². The second-order valence-corrected chi connectivity index (χ2v) is 7.43. The van der Waals surface area contributed by atoms with Gasteiger partial charge in [-0.15, -0.1) is 0 Å². The fraction of sp³-hybridized carbons (Fsp3) is 0.133. The van der Waals surface area contributed by atoms with Crippen LogP contribution in [0.25, 0.3) is 11.1 Å².